The maximum atomic E-state index is 8.40. The van der Waals surface area contributed by atoms with Gasteiger partial charge in [-0.1, -0.05) is 64.9 Å². The fraction of sp³-hybridized carbons (Fsp3) is 0.0769. The molecule has 0 atom stereocenters. The van der Waals surface area contributed by atoms with Gasteiger partial charge in [0.05, 0.1) is 18.8 Å². The second kappa shape index (κ2) is 9.17. The van der Waals surface area contributed by atoms with Crippen LogP contribution in [-0.2, 0) is 20.1 Å². The Morgan fingerprint density at radius 3 is 2.20 bits per heavy atom. The molecule has 0 saturated heterocycles. The van der Waals surface area contributed by atoms with Crippen molar-refractivity contribution in [3.63, 3.8) is 0 Å². The zero-order valence-corrected chi connectivity index (χ0v) is 19.1. The second-order valence-electron chi connectivity index (χ2n) is 7.05. The van der Waals surface area contributed by atoms with Crippen LogP contribution < -0.4 is 0 Å². The van der Waals surface area contributed by atoms with Gasteiger partial charge in [0, 0.05) is 32.0 Å². The van der Waals surface area contributed by atoms with E-state index >= 15 is 0 Å². The van der Waals surface area contributed by atoms with Gasteiger partial charge in [-0.3, -0.25) is 9.78 Å². The molecular weight excluding hydrogens is 551 g/mol. The topological polar surface area (TPSA) is 54.5 Å². The predicted octanol–water partition coefficient (Wildman–Crippen LogP) is 6.46. The number of ketones is 1. The van der Waals surface area contributed by atoms with Crippen LogP contribution in [-0.4, -0.2) is 20.7 Å². The molecule has 0 fully saturated rings. The molecular formula is C26H21IrNO2. The first kappa shape index (κ1) is 21.6. The summed E-state index contributed by atoms with van der Waals surface area (Å²) in [5.41, 5.74) is 2.01. The fourth-order valence-corrected chi connectivity index (χ4v) is 3.63. The van der Waals surface area contributed by atoms with Gasteiger partial charge in [0.25, 0.3) is 0 Å². The number of carbonyl (C=O) groups excluding carboxylic acids is 1. The fourth-order valence-electron chi connectivity index (χ4n) is 3.63. The first-order valence-corrected chi connectivity index (χ1v) is 9.44. The van der Waals surface area contributed by atoms with Crippen molar-refractivity contribution in [3.05, 3.63) is 90.8 Å². The number of rotatable bonds is 2. The molecule has 5 rings (SSSR count). The Kier molecular flexibility index (Phi) is 6.61. The number of nitrogens with zero attached hydrogens (tertiary/aromatic N) is 1. The maximum absolute atomic E-state index is 8.40. The minimum atomic E-state index is 0. The Labute approximate surface area is 188 Å². The average molecular weight is 572 g/mol. The Morgan fingerprint density at radius 1 is 0.900 bits per heavy atom. The third-order valence-electron chi connectivity index (χ3n) is 4.74. The van der Waals surface area contributed by atoms with E-state index in [1.807, 2.05) is 24.4 Å². The van der Waals surface area contributed by atoms with Crippen molar-refractivity contribution < 1.29 is 30.0 Å². The Balaban J connectivity index is 0.000000281. The van der Waals surface area contributed by atoms with Crippen molar-refractivity contribution in [3.8, 4) is 11.3 Å². The van der Waals surface area contributed by atoms with Gasteiger partial charge in [0.1, 0.15) is 0 Å². The molecule has 1 heterocycles. The summed E-state index contributed by atoms with van der Waals surface area (Å²) in [5, 5.41) is 16.0. The maximum Gasteiger partial charge on any atom is 0.316 e. The van der Waals surface area contributed by atoms with Crippen molar-refractivity contribution in [1.29, 1.82) is 0 Å². The summed E-state index contributed by atoms with van der Waals surface area (Å²) in [6.07, 6.45) is 3.10. The summed E-state index contributed by atoms with van der Waals surface area (Å²) in [4.78, 5) is 12.9. The van der Waals surface area contributed by atoms with Crippen LogP contribution in [0.1, 0.15) is 13.8 Å². The number of hydrogen-bond donors (Lipinski definition) is 1. The van der Waals surface area contributed by atoms with Crippen LogP contribution in [0.3, 0.4) is 0 Å². The van der Waals surface area contributed by atoms with Crippen molar-refractivity contribution >= 4 is 38.1 Å². The number of pyridine rings is 1. The van der Waals surface area contributed by atoms with E-state index in [-0.39, 0.29) is 31.6 Å². The third kappa shape index (κ3) is 4.40. The Hall–Kier alpha value is -3.07. The van der Waals surface area contributed by atoms with E-state index < -0.39 is 0 Å². The number of aromatic nitrogens is 1. The number of hydrogen-bond acceptors (Lipinski definition) is 2. The van der Waals surface area contributed by atoms with Gasteiger partial charge in [-0.25, -0.2) is 0 Å². The van der Waals surface area contributed by atoms with Crippen LogP contribution in [0.2, 0.25) is 0 Å². The Morgan fingerprint density at radius 2 is 1.60 bits per heavy atom. The summed E-state index contributed by atoms with van der Waals surface area (Å²) in [6, 6.07) is 26.9. The molecule has 0 spiro atoms. The van der Waals surface area contributed by atoms with Crippen LogP contribution in [0.15, 0.2) is 84.8 Å². The van der Waals surface area contributed by atoms with Gasteiger partial charge in [0.2, 0.25) is 0 Å². The zero-order chi connectivity index (χ0) is 20.4. The van der Waals surface area contributed by atoms with Gasteiger partial charge in [0.15, 0.2) is 0 Å². The first-order valence-electron chi connectivity index (χ1n) is 9.44. The summed E-state index contributed by atoms with van der Waals surface area (Å²) >= 11 is 0. The quantitative estimate of drug-likeness (QED) is 0.0870. The molecule has 151 valence electrons. The van der Waals surface area contributed by atoms with Crippen LogP contribution in [0, 0.1) is 6.07 Å². The van der Waals surface area contributed by atoms with Crippen LogP contribution in [0.5, 0.6) is 0 Å². The molecule has 2 N–H and O–H groups in total. The van der Waals surface area contributed by atoms with E-state index in [1.54, 1.807) is 0 Å². The summed E-state index contributed by atoms with van der Waals surface area (Å²) in [6.45, 7) is 3.00. The van der Waals surface area contributed by atoms with Gasteiger partial charge in [-0.05, 0) is 29.1 Å². The van der Waals surface area contributed by atoms with Crippen LogP contribution >= 0.6 is 0 Å². The standard InChI is InChI=1S/C21H12N.C5H8O2.Ir/c1-2-11-22-19(6-1)18-12-16-9-7-14-4-3-5-15-8-10-17(13-18)21(16)20(14)15;1-4(6)3-5(2)7;/h1-12H;3,6H,1-2H3;/q-1;;/p+1/b;4-3-;. The molecule has 1 radical (unpaired) electrons. The summed E-state index contributed by atoms with van der Waals surface area (Å²) < 4.78 is 0. The first-order chi connectivity index (χ1) is 14.0. The predicted molar refractivity (Wildman–Crippen MR) is 121 cm³/mol. The van der Waals surface area contributed by atoms with Crippen molar-refractivity contribution in [2.45, 2.75) is 13.8 Å². The molecule has 5 aromatic rings. The molecule has 4 aromatic carbocycles. The smallest absolute Gasteiger partial charge is 0.316 e. The SMILES string of the molecule is CC(=[OH+])/C=C(/C)O.[Ir].[c-]1c(-c2ccccn2)cc2ccc3cccc4ccc1c2c43. The van der Waals surface area contributed by atoms with E-state index in [4.69, 9.17) is 9.90 Å². The van der Waals surface area contributed by atoms with Gasteiger partial charge in [-0.15, -0.1) is 23.6 Å². The molecule has 0 bridgehead atoms. The number of allylic oxidation sites excluding steroid dienone is 2. The summed E-state index contributed by atoms with van der Waals surface area (Å²) in [5.74, 6) is 0.250. The van der Waals surface area contributed by atoms with E-state index in [9.17, 15) is 0 Å². The largest absolute Gasteiger partial charge is 0.512 e. The second-order valence-corrected chi connectivity index (χ2v) is 7.05. The molecule has 4 heteroatoms. The summed E-state index contributed by atoms with van der Waals surface area (Å²) in [7, 11) is 0. The molecule has 3 nitrogen and oxygen atoms in total. The van der Waals surface area contributed by atoms with Crippen LogP contribution in [0.25, 0.3) is 43.6 Å². The van der Waals surface area contributed by atoms with E-state index in [0.717, 1.165) is 16.6 Å². The normalized spacial score (nSPS) is 11.2. The molecule has 0 aliphatic heterocycles. The van der Waals surface area contributed by atoms with Crippen molar-refractivity contribution in [2.24, 2.45) is 0 Å². The van der Waals surface area contributed by atoms with Crippen LogP contribution in [0.4, 0.5) is 0 Å². The van der Waals surface area contributed by atoms with Gasteiger partial charge < -0.3 is 5.11 Å². The molecule has 0 amide bonds. The Bertz CT molecular complexity index is 1280. The van der Waals surface area contributed by atoms with E-state index in [0.29, 0.717) is 0 Å². The van der Waals surface area contributed by atoms with E-state index in [2.05, 4.69) is 59.6 Å². The monoisotopic (exact) mass is 572 g/mol. The average Bonchev–Trinajstić information content (AvgIpc) is 2.72. The van der Waals surface area contributed by atoms with Crippen molar-refractivity contribution in [1.82, 2.24) is 4.98 Å². The number of aliphatic hydroxyl groups excluding tert-OH is 1. The van der Waals surface area contributed by atoms with Gasteiger partial charge in [-0.2, -0.15) is 0 Å². The molecule has 1 aromatic heterocycles. The van der Waals surface area contributed by atoms with Crippen molar-refractivity contribution in [2.75, 3.05) is 0 Å². The molecule has 0 saturated carbocycles. The molecule has 0 unspecified atom stereocenters. The molecule has 0 aliphatic carbocycles. The number of aliphatic hydroxyl groups is 1. The number of benzene rings is 4. The molecule has 0 aliphatic rings. The zero-order valence-electron chi connectivity index (χ0n) is 16.7. The minimum absolute atomic E-state index is 0. The van der Waals surface area contributed by atoms with E-state index in [1.165, 1.54) is 46.9 Å². The molecule has 30 heavy (non-hydrogen) atoms. The minimum Gasteiger partial charge on any atom is -0.512 e. The van der Waals surface area contributed by atoms with Gasteiger partial charge >= 0.3 is 5.78 Å². The third-order valence-corrected chi connectivity index (χ3v) is 4.74.